The first-order valence-corrected chi connectivity index (χ1v) is 3.54. The lowest BCUT2D eigenvalue weighted by Crippen LogP contribution is -1.97. The van der Waals surface area contributed by atoms with Gasteiger partial charge in [0.25, 0.3) is 0 Å². The minimum atomic E-state index is 0.132. The van der Waals surface area contributed by atoms with Gasteiger partial charge in [-0.1, -0.05) is 27.2 Å². The summed E-state index contributed by atoms with van der Waals surface area (Å²) in [7, 11) is 0. The van der Waals surface area contributed by atoms with E-state index >= 15 is 0 Å². The van der Waals surface area contributed by atoms with Crippen LogP contribution in [-0.2, 0) is 4.79 Å². The molecule has 0 aliphatic heterocycles. The van der Waals surface area contributed by atoms with E-state index < -0.39 is 0 Å². The van der Waals surface area contributed by atoms with Crippen molar-refractivity contribution in [2.45, 2.75) is 33.6 Å². The maximum absolute atomic E-state index is 9.99. The summed E-state index contributed by atoms with van der Waals surface area (Å²) in [4.78, 5) is 9.99. The van der Waals surface area contributed by atoms with Gasteiger partial charge in [-0.25, -0.2) is 0 Å². The van der Waals surface area contributed by atoms with Gasteiger partial charge in [0.05, 0.1) is 0 Å². The molecule has 0 aliphatic rings. The Balaban J connectivity index is 3.16. The van der Waals surface area contributed by atoms with Crippen LogP contribution in [0.3, 0.4) is 0 Å². The van der Waals surface area contributed by atoms with E-state index in [1.54, 1.807) is 0 Å². The van der Waals surface area contributed by atoms with Crippen molar-refractivity contribution in [2.24, 2.45) is 11.8 Å². The van der Waals surface area contributed by atoms with E-state index in [4.69, 9.17) is 0 Å². The molecule has 0 fully saturated rings. The smallest absolute Gasteiger partial charge is 0.201 e. The first-order chi connectivity index (χ1) is 4.16. The molecule has 1 nitrogen and oxygen atoms in total. The molecule has 0 aromatic carbocycles. The maximum Gasteiger partial charge on any atom is 0.201 e. The average molecular weight is 127 g/mol. The molecule has 0 amide bonds. The second kappa shape index (κ2) is 4.54. The molecule has 0 aliphatic carbocycles. The van der Waals surface area contributed by atoms with Crippen molar-refractivity contribution in [1.82, 2.24) is 0 Å². The summed E-state index contributed by atoms with van der Waals surface area (Å²) in [5.74, 6) is 0.841. The minimum Gasteiger partial charge on any atom is -0.291 e. The van der Waals surface area contributed by atoms with Crippen molar-refractivity contribution < 1.29 is 4.79 Å². The molecule has 1 atom stereocenters. The predicted octanol–water partition coefficient (Wildman–Crippen LogP) is 2.17. The Morgan fingerprint density at radius 1 is 1.22 bits per heavy atom. The highest BCUT2D eigenvalue weighted by Crippen LogP contribution is 2.08. The van der Waals surface area contributed by atoms with Crippen molar-refractivity contribution in [3.8, 4) is 0 Å². The van der Waals surface area contributed by atoms with Gasteiger partial charge >= 0.3 is 0 Å². The second-order valence-electron chi connectivity index (χ2n) is 2.99. The Labute approximate surface area is 57.5 Å². The molecule has 0 aromatic heterocycles. The van der Waals surface area contributed by atoms with E-state index in [9.17, 15) is 4.79 Å². The Morgan fingerprint density at radius 2 is 1.78 bits per heavy atom. The fourth-order valence-electron chi connectivity index (χ4n) is 0.642. The van der Waals surface area contributed by atoms with Crippen molar-refractivity contribution in [1.29, 1.82) is 0 Å². The largest absolute Gasteiger partial charge is 0.291 e. The molecule has 9 heavy (non-hydrogen) atoms. The molecule has 0 rings (SSSR count). The lowest BCUT2D eigenvalue weighted by molar-refractivity contribution is 0.480. The average Bonchev–Trinajstić information content (AvgIpc) is 1.83. The van der Waals surface area contributed by atoms with E-state index in [1.165, 1.54) is 0 Å². The van der Waals surface area contributed by atoms with E-state index in [1.807, 2.05) is 13.2 Å². The highest BCUT2D eigenvalue weighted by molar-refractivity contribution is 5.53. The Morgan fingerprint density at radius 3 is 2.11 bits per heavy atom. The summed E-state index contributed by atoms with van der Waals surface area (Å²) in [6.45, 7) is 6.24. The van der Waals surface area contributed by atoms with E-state index in [0.717, 1.165) is 12.8 Å². The molecule has 0 N–H and O–H groups in total. The summed E-state index contributed by atoms with van der Waals surface area (Å²) in [6.07, 6.45) is 4.09. The van der Waals surface area contributed by atoms with Gasteiger partial charge in [-0.2, -0.15) is 0 Å². The highest BCUT2D eigenvalue weighted by atomic mass is 16.1. The van der Waals surface area contributed by atoms with Crippen LogP contribution in [0.25, 0.3) is 0 Å². The number of carbonyl (C=O) groups excluding carboxylic acids is 1. The van der Waals surface area contributed by atoms with Crippen molar-refractivity contribution in [3.63, 3.8) is 0 Å². The number of hydrogen-bond donors (Lipinski definition) is 0. The van der Waals surface area contributed by atoms with Crippen LogP contribution in [0.15, 0.2) is 0 Å². The summed E-state index contributed by atoms with van der Waals surface area (Å²) < 4.78 is 0. The van der Waals surface area contributed by atoms with Crippen LogP contribution in [-0.4, -0.2) is 6.29 Å². The molecular formula is C8H15O. The van der Waals surface area contributed by atoms with Crippen LogP contribution in [0.4, 0.5) is 0 Å². The second-order valence-corrected chi connectivity index (χ2v) is 2.99. The van der Waals surface area contributed by atoms with Crippen LogP contribution < -0.4 is 0 Å². The summed E-state index contributed by atoms with van der Waals surface area (Å²) in [6, 6.07) is 0. The molecule has 53 valence electrons. The van der Waals surface area contributed by atoms with Gasteiger partial charge in [-0.3, -0.25) is 4.79 Å². The van der Waals surface area contributed by atoms with Crippen LogP contribution in [0.2, 0.25) is 0 Å². The third-order valence-electron chi connectivity index (χ3n) is 1.38. The third-order valence-corrected chi connectivity index (χ3v) is 1.38. The van der Waals surface area contributed by atoms with Gasteiger partial charge in [0.2, 0.25) is 6.29 Å². The Kier molecular flexibility index (Phi) is 4.37. The molecule has 1 heteroatoms. The quantitative estimate of drug-likeness (QED) is 0.565. The Hall–Kier alpha value is -0.330. The van der Waals surface area contributed by atoms with Gasteiger partial charge < -0.3 is 0 Å². The molecule has 0 spiro atoms. The van der Waals surface area contributed by atoms with Gasteiger partial charge in [0.1, 0.15) is 0 Å². The van der Waals surface area contributed by atoms with Crippen LogP contribution in [0, 0.1) is 11.8 Å². The zero-order valence-corrected chi connectivity index (χ0v) is 6.48. The molecule has 0 aromatic rings. The fourth-order valence-corrected chi connectivity index (χ4v) is 0.642. The monoisotopic (exact) mass is 127 g/mol. The predicted molar refractivity (Wildman–Crippen MR) is 38.9 cm³/mol. The zero-order valence-electron chi connectivity index (χ0n) is 6.48. The van der Waals surface area contributed by atoms with Gasteiger partial charge in [0, 0.05) is 5.92 Å². The molecule has 0 saturated carbocycles. The standard InChI is InChI=1S/C8H15O/c1-7(2)4-5-8(3)6-9/h7-8H,4-5H2,1-3H3. The lowest BCUT2D eigenvalue weighted by atomic mass is 10.0. The summed E-state index contributed by atoms with van der Waals surface area (Å²) >= 11 is 0. The van der Waals surface area contributed by atoms with Crippen molar-refractivity contribution in [3.05, 3.63) is 0 Å². The van der Waals surface area contributed by atoms with Crippen molar-refractivity contribution >= 4 is 6.29 Å². The number of hydrogen-bond acceptors (Lipinski definition) is 1. The van der Waals surface area contributed by atoms with Crippen molar-refractivity contribution in [2.75, 3.05) is 0 Å². The fraction of sp³-hybridized carbons (Fsp3) is 0.875. The topological polar surface area (TPSA) is 17.1 Å². The third kappa shape index (κ3) is 5.54. The van der Waals surface area contributed by atoms with Gasteiger partial charge in [-0.15, -0.1) is 0 Å². The molecule has 1 radical (unpaired) electrons. The molecule has 0 bridgehead atoms. The summed E-state index contributed by atoms with van der Waals surface area (Å²) in [5.41, 5.74) is 0. The van der Waals surface area contributed by atoms with Crippen LogP contribution in [0.5, 0.6) is 0 Å². The first-order valence-electron chi connectivity index (χ1n) is 3.54. The molecule has 1 unspecified atom stereocenters. The SMILES string of the molecule is CC(C)CCC(C)[C]=O. The lowest BCUT2D eigenvalue weighted by Gasteiger charge is -2.04. The molecular weight excluding hydrogens is 112 g/mol. The first kappa shape index (κ1) is 8.67. The van der Waals surface area contributed by atoms with E-state index in [2.05, 4.69) is 13.8 Å². The van der Waals surface area contributed by atoms with Gasteiger partial charge in [0.15, 0.2) is 0 Å². The van der Waals surface area contributed by atoms with Crippen LogP contribution in [0.1, 0.15) is 33.6 Å². The normalized spacial score (nSPS) is 13.8. The van der Waals surface area contributed by atoms with Crippen LogP contribution >= 0.6 is 0 Å². The zero-order chi connectivity index (χ0) is 7.28. The van der Waals surface area contributed by atoms with E-state index in [-0.39, 0.29) is 5.92 Å². The minimum absolute atomic E-state index is 0.132. The molecule has 0 heterocycles. The Bertz CT molecular complexity index is 76.6. The van der Waals surface area contributed by atoms with E-state index in [0.29, 0.717) is 5.92 Å². The summed E-state index contributed by atoms with van der Waals surface area (Å²) in [5, 5.41) is 0. The molecule has 0 saturated heterocycles. The maximum atomic E-state index is 9.99. The highest BCUT2D eigenvalue weighted by Gasteiger charge is 2.01. The van der Waals surface area contributed by atoms with Gasteiger partial charge in [-0.05, 0) is 12.3 Å². The number of rotatable bonds is 4.